The Bertz CT molecular complexity index is 1830. The van der Waals surface area contributed by atoms with Crippen LogP contribution in [-0.4, -0.2) is 48.8 Å². The molecule has 3 N–H and O–H groups in total. The first-order valence-corrected chi connectivity index (χ1v) is 15.7. The third-order valence-corrected chi connectivity index (χ3v) is 8.16. The number of nitrogens with one attached hydrogen (secondary N) is 3. The predicted octanol–water partition coefficient (Wildman–Crippen LogP) is 5.51. The van der Waals surface area contributed by atoms with Gasteiger partial charge in [0.1, 0.15) is 11.5 Å². The van der Waals surface area contributed by atoms with Gasteiger partial charge in [-0.2, -0.15) is 10.1 Å². The summed E-state index contributed by atoms with van der Waals surface area (Å²) in [6, 6.07) is 32.3. The van der Waals surface area contributed by atoms with Crippen LogP contribution in [0.4, 0.5) is 17.1 Å². The van der Waals surface area contributed by atoms with E-state index in [0.717, 1.165) is 16.1 Å². The van der Waals surface area contributed by atoms with E-state index in [2.05, 4.69) is 21.1 Å². The largest absolute Gasteiger partial charge is 0.378 e. The molecule has 10 nitrogen and oxygen atoms in total. The number of para-hydroxylation sites is 1. The number of hydrogen-bond acceptors (Lipinski definition) is 7. The van der Waals surface area contributed by atoms with Gasteiger partial charge in [0.25, 0.3) is 17.7 Å². The third-order valence-electron chi connectivity index (χ3n) is 7.07. The molecule has 1 aliphatic heterocycles. The van der Waals surface area contributed by atoms with E-state index < -0.39 is 17.1 Å². The Morgan fingerprint density at radius 1 is 0.872 bits per heavy atom. The molecule has 1 unspecified atom stereocenters. The Morgan fingerprint density at radius 2 is 1.55 bits per heavy atom. The maximum Gasteiger partial charge on any atom is 0.272 e. The average Bonchev–Trinajstić information content (AvgIpc) is 3.44. The Kier molecular flexibility index (Phi) is 10.5. The van der Waals surface area contributed by atoms with Crippen molar-refractivity contribution in [3.63, 3.8) is 0 Å². The molecule has 11 heteroatoms. The van der Waals surface area contributed by atoms with Crippen LogP contribution in [0.2, 0.25) is 0 Å². The minimum atomic E-state index is -0.532. The maximum absolute atomic E-state index is 13.5. The van der Waals surface area contributed by atoms with Crippen molar-refractivity contribution in [1.82, 2.24) is 10.6 Å². The summed E-state index contributed by atoms with van der Waals surface area (Å²) in [5.74, 6) is -1.17. The molecule has 1 atom stereocenters. The van der Waals surface area contributed by atoms with Gasteiger partial charge in [-0.05, 0) is 73.2 Å². The topological polar surface area (TPSA) is 123 Å². The summed E-state index contributed by atoms with van der Waals surface area (Å²) in [7, 11) is 3.88. The highest BCUT2D eigenvalue weighted by atomic mass is 32.2. The van der Waals surface area contributed by atoms with Crippen molar-refractivity contribution in [1.29, 1.82) is 0 Å². The summed E-state index contributed by atoms with van der Waals surface area (Å²) in [5.41, 5.74) is 3.33. The zero-order valence-corrected chi connectivity index (χ0v) is 27.0. The summed E-state index contributed by atoms with van der Waals surface area (Å²) in [6.45, 7) is 1.75. The van der Waals surface area contributed by atoms with E-state index in [1.54, 1.807) is 67.6 Å². The highest BCUT2D eigenvalue weighted by molar-refractivity contribution is 8.00. The Hall–Kier alpha value is -5.68. The molecule has 4 aromatic carbocycles. The molecule has 47 heavy (non-hydrogen) atoms. The standard InChI is InChI=1S/C36H34N6O4S/c1-24(34(44)39-32-23-33(43)42(40-32)29-14-8-5-9-15-29)47-30-16-10-13-27(22-30)37-36(46)31(38-35(45)26-11-6-4-7-12-26)21-25-17-19-28(20-18-25)41(2)3/h4-22,24H,23H2,1-3H3,(H,37,46)(H,38,45)(H,39,40,44)/b31-21+. The van der Waals surface area contributed by atoms with E-state index in [1.165, 1.54) is 16.8 Å². The molecule has 5 rings (SSSR count). The minimum absolute atomic E-state index is 0.00397. The quantitative estimate of drug-likeness (QED) is 0.154. The summed E-state index contributed by atoms with van der Waals surface area (Å²) >= 11 is 1.29. The number of anilines is 3. The molecule has 1 aliphatic rings. The zero-order valence-electron chi connectivity index (χ0n) is 26.1. The van der Waals surface area contributed by atoms with Crippen LogP contribution in [0, 0.1) is 0 Å². The molecule has 0 bridgehead atoms. The van der Waals surface area contributed by atoms with Gasteiger partial charge >= 0.3 is 0 Å². The lowest BCUT2D eigenvalue weighted by Gasteiger charge is -2.14. The third kappa shape index (κ3) is 8.74. The number of benzene rings is 4. The molecule has 0 saturated heterocycles. The summed E-state index contributed by atoms with van der Waals surface area (Å²) in [6.07, 6.45) is 1.62. The van der Waals surface area contributed by atoms with E-state index in [1.807, 2.05) is 73.6 Å². The number of hydrogen-bond donors (Lipinski definition) is 3. The normalized spacial score (nSPS) is 13.4. The first-order chi connectivity index (χ1) is 22.7. The van der Waals surface area contributed by atoms with Crippen molar-refractivity contribution in [3.8, 4) is 0 Å². The van der Waals surface area contributed by atoms with Crippen LogP contribution in [-0.2, 0) is 14.4 Å². The van der Waals surface area contributed by atoms with Crippen molar-refractivity contribution < 1.29 is 19.2 Å². The van der Waals surface area contributed by atoms with Gasteiger partial charge in [-0.1, -0.05) is 54.6 Å². The van der Waals surface area contributed by atoms with Crippen LogP contribution in [0.15, 0.2) is 125 Å². The van der Waals surface area contributed by atoms with Crippen LogP contribution in [0.25, 0.3) is 6.08 Å². The van der Waals surface area contributed by atoms with Crippen LogP contribution < -0.4 is 25.9 Å². The first kappa shape index (κ1) is 32.7. The van der Waals surface area contributed by atoms with Gasteiger partial charge in [0, 0.05) is 35.9 Å². The van der Waals surface area contributed by atoms with Crippen LogP contribution in [0.1, 0.15) is 29.3 Å². The fraction of sp³-hybridized carbons (Fsp3) is 0.139. The number of amidine groups is 1. The number of thioether (sulfide) groups is 1. The SMILES string of the molecule is CC(Sc1cccc(NC(=O)/C(=C\c2ccc(N(C)C)cc2)NC(=O)c2ccccc2)c1)C(=O)NC1=NN(c2ccccc2)C(=O)C1. The molecule has 0 aromatic heterocycles. The molecule has 0 fully saturated rings. The van der Waals surface area contributed by atoms with E-state index in [-0.39, 0.29) is 29.8 Å². The Balaban J connectivity index is 1.26. The Morgan fingerprint density at radius 3 is 2.23 bits per heavy atom. The fourth-order valence-corrected chi connectivity index (χ4v) is 5.52. The predicted molar refractivity (Wildman–Crippen MR) is 187 cm³/mol. The average molecular weight is 647 g/mol. The molecule has 0 aliphatic carbocycles. The second-order valence-corrected chi connectivity index (χ2v) is 12.3. The molecule has 238 valence electrons. The Labute approximate surface area is 277 Å². The van der Waals surface area contributed by atoms with Gasteiger partial charge < -0.3 is 20.9 Å². The van der Waals surface area contributed by atoms with Crippen molar-refractivity contribution in [2.45, 2.75) is 23.5 Å². The van der Waals surface area contributed by atoms with Crippen LogP contribution in [0.5, 0.6) is 0 Å². The van der Waals surface area contributed by atoms with E-state index in [9.17, 15) is 19.2 Å². The van der Waals surface area contributed by atoms with E-state index >= 15 is 0 Å². The molecule has 4 amide bonds. The zero-order chi connectivity index (χ0) is 33.3. The number of nitrogens with zero attached hydrogens (tertiary/aromatic N) is 3. The van der Waals surface area contributed by atoms with Gasteiger partial charge in [-0.15, -0.1) is 11.8 Å². The fourth-order valence-electron chi connectivity index (χ4n) is 4.59. The molecule has 4 aromatic rings. The second kappa shape index (κ2) is 15.1. The summed E-state index contributed by atoms with van der Waals surface area (Å²) in [4.78, 5) is 54.7. The highest BCUT2D eigenvalue weighted by Gasteiger charge is 2.27. The van der Waals surface area contributed by atoms with E-state index in [0.29, 0.717) is 16.9 Å². The van der Waals surface area contributed by atoms with Crippen molar-refractivity contribution in [3.05, 3.63) is 126 Å². The molecule has 0 saturated carbocycles. The van der Waals surface area contributed by atoms with Crippen molar-refractivity contribution >= 4 is 64.4 Å². The molecule has 1 heterocycles. The maximum atomic E-state index is 13.5. The molecule has 0 spiro atoms. The van der Waals surface area contributed by atoms with Crippen LogP contribution in [0.3, 0.4) is 0 Å². The van der Waals surface area contributed by atoms with E-state index in [4.69, 9.17) is 0 Å². The highest BCUT2D eigenvalue weighted by Crippen LogP contribution is 2.27. The number of amides is 4. The molecular formula is C36H34N6O4S. The molecular weight excluding hydrogens is 613 g/mol. The van der Waals surface area contributed by atoms with Crippen molar-refractivity contribution in [2.75, 3.05) is 29.3 Å². The lowest BCUT2D eigenvalue weighted by Crippen LogP contribution is -2.35. The van der Waals surface area contributed by atoms with Gasteiger partial charge in [0.05, 0.1) is 17.4 Å². The number of hydrazone groups is 1. The monoisotopic (exact) mass is 646 g/mol. The number of rotatable bonds is 10. The van der Waals surface area contributed by atoms with Gasteiger partial charge in [0.15, 0.2) is 0 Å². The smallest absolute Gasteiger partial charge is 0.272 e. The minimum Gasteiger partial charge on any atom is -0.378 e. The van der Waals surface area contributed by atoms with Gasteiger partial charge in [-0.25, -0.2) is 0 Å². The van der Waals surface area contributed by atoms with Gasteiger partial charge in [0.2, 0.25) is 5.91 Å². The summed E-state index contributed by atoms with van der Waals surface area (Å²) in [5, 5.41) is 13.4. The van der Waals surface area contributed by atoms with Crippen LogP contribution >= 0.6 is 11.8 Å². The first-order valence-electron chi connectivity index (χ1n) is 14.9. The summed E-state index contributed by atoms with van der Waals surface area (Å²) < 4.78 is 0. The lowest BCUT2D eigenvalue weighted by molar-refractivity contribution is -0.119. The van der Waals surface area contributed by atoms with Crippen molar-refractivity contribution in [2.24, 2.45) is 5.10 Å². The lowest BCUT2D eigenvalue weighted by atomic mass is 10.1. The molecule has 0 radical (unpaired) electrons. The number of carbonyl (C=O) groups is 4. The number of carbonyl (C=O) groups excluding carboxylic acids is 4. The second-order valence-electron chi connectivity index (χ2n) is 10.9. The van der Waals surface area contributed by atoms with Gasteiger partial charge in [-0.3, -0.25) is 19.2 Å².